The summed E-state index contributed by atoms with van der Waals surface area (Å²) in [5.41, 5.74) is 0. The van der Waals surface area contributed by atoms with Gasteiger partial charge in [-0.1, -0.05) is 0 Å². The van der Waals surface area contributed by atoms with Crippen LogP contribution < -0.4 is 0 Å². The first-order chi connectivity index (χ1) is 8.57. The van der Waals surface area contributed by atoms with E-state index in [0.29, 0.717) is 12.2 Å². The molecule has 0 radical (unpaired) electrons. The highest BCUT2D eigenvalue weighted by Crippen LogP contribution is 2.30. The zero-order valence-electron chi connectivity index (χ0n) is 13.1. The number of epoxide rings is 2. The molecule has 2 fully saturated rings. The summed E-state index contributed by atoms with van der Waals surface area (Å²) in [6.45, 7) is 15.4. The molecule has 7 heteroatoms. The van der Waals surface area contributed by atoms with Crippen molar-refractivity contribution < 1.29 is 17.7 Å². The van der Waals surface area contributed by atoms with Crippen molar-refractivity contribution in [1.29, 1.82) is 0 Å². The number of rotatable bonds is 8. The maximum atomic E-state index is 6.48. The van der Waals surface area contributed by atoms with E-state index in [1.807, 2.05) is 0 Å². The average Bonchev–Trinajstić information content (AvgIpc) is 2.95. The molecule has 0 aromatic carbocycles. The first kappa shape index (κ1) is 15.9. The predicted octanol–water partition coefficient (Wildman–Crippen LogP) is 2.93. The van der Waals surface area contributed by atoms with Crippen LogP contribution in [0.25, 0.3) is 0 Å². The van der Waals surface area contributed by atoms with Crippen molar-refractivity contribution in [3.05, 3.63) is 0 Å². The molecule has 2 aliphatic heterocycles. The van der Waals surface area contributed by atoms with Gasteiger partial charge in [-0.15, -0.1) is 0 Å². The molecular weight excluding hydrogens is 292 g/mol. The van der Waals surface area contributed by atoms with Crippen molar-refractivity contribution in [3.8, 4) is 0 Å². The molecular formula is C12H28O4Si3. The first-order valence-corrected chi connectivity index (χ1v) is 16.3. The standard InChI is InChI=1S/C12H28O4Si3/c1-17(2,9-11-7-13-11)15-19(5,6)16-18(3,4)10-12-8-14-12/h11-12H,7-10H2,1-6H3. The van der Waals surface area contributed by atoms with E-state index in [1.165, 1.54) is 0 Å². The second-order valence-electron chi connectivity index (χ2n) is 7.44. The van der Waals surface area contributed by atoms with E-state index in [1.54, 1.807) is 0 Å². The van der Waals surface area contributed by atoms with Crippen LogP contribution in [0.15, 0.2) is 0 Å². The molecule has 2 saturated heterocycles. The van der Waals surface area contributed by atoms with E-state index >= 15 is 0 Å². The van der Waals surface area contributed by atoms with Gasteiger partial charge in [-0.2, -0.15) is 0 Å². The van der Waals surface area contributed by atoms with Gasteiger partial charge in [-0.25, -0.2) is 0 Å². The van der Waals surface area contributed by atoms with Gasteiger partial charge in [0.05, 0.1) is 25.4 Å². The molecule has 2 atom stereocenters. The predicted molar refractivity (Wildman–Crippen MR) is 83.7 cm³/mol. The van der Waals surface area contributed by atoms with Gasteiger partial charge in [0.25, 0.3) is 0 Å². The van der Waals surface area contributed by atoms with Crippen molar-refractivity contribution in [2.24, 2.45) is 0 Å². The summed E-state index contributed by atoms with van der Waals surface area (Å²) in [6, 6.07) is 2.20. The van der Waals surface area contributed by atoms with Crippen LogP contribution in [0.1, 0.15) is 0 Å². The topological polar surface area (TPSA) is 43.5 Å². The van der Waals surface area contributed by atoms with Crippen molar-refractivity contribution in [2.45, 2.75) is 63.6 Å². The first-order valence-electron chi connectivity index (χ1n) is 7.21. The monoisotopic (exact) mass is 320 g/mol. The third-order valence-electron chi connectivity index (χ3n) is 3.29. The van der Waals surface area contributed by atoms with Crippen LogP contribution in [0.2, 0.25) is 51.4 Å². The molecule has 2 unspecified atom stereocenters. The van der Waals surface area contributed by atoms with Crippen molar-refractivity contribution >= 4 is 25.2 Å². The van der Waals surface area contributed by atoms with Crippen LogP contribution >= 0.6 is 0 Å². The molecule has 0 aliphatic carbocycles. The van der Waals surface area contributed by atoms with Gasteiger partial charge in [0.1, 0.15) is 0 Å². The smallest absolute Gasteiger partial charge is 0.311 e. The zero-order valence-corrected chi connectivity index (χ0v) is 16.1. The Bertz CT molecular complexity index is 295. The Morgan fingerprint density at radius 1 is 0.789 bits per heavy atom. The van der Waals surface area contributed by atoms with Gasteiger partial charge in [0.15, 0.2) is 16.6 Å². The van der Waals surface area contributed by atoms with Crippen LogP contribution in [0, 0.1) is 0 Å². The second-order valence-corrected chi connectivity index (χ2v) is 19.7. The van der Waals surface area contributed by atoms with Gasteiger partial charge < -0.3 is 17.7 Å². The molecule has 2 heterocycles. The minimum Gasteiger partial charge on any atom is -0.436 e. The van der Waals surface area contributed by atoms with Gasteiger partial charge in [0, 0.05) is 0 Å². The fourth-order valence-corrected chi connectivity index (χ4v) is 17.4. The lowest BCUT2D eigenvalue weighted by molar-refractivity contribution is 0.369. The Kier molecular flexibility index (Phi) is 4.48. The fourth-order valence-electron chi connectivity index (χ4n) is 2.90. The Labute approximate surface area is 120 Å². The molecule has 0 aromatic heterocycles. The molecule has 0 amide bonds. The molecule has 2 rings (SSSR count). The summed E-state index contributed by atoms with van der Waals surface area (Å²) in [5.74, 6) is 0. The van der Waals surface area contributed by atoms with Crippen LogP contribution in [0.4, 0.5) is 0 Å². The number of hydrogen-bond donors (Lipinski definition) is 0. The number of ether oxygens (including phenoxy) is 2. The van der Waals surface area contributed by atoms with E-state index < -0.39 is 25.2 Å². The normalized spacial score (nSPS) is 27.5. The van der Waals surface area contributed by atoms with Crippen LogP contribution in [0.3, 0.4) is 0 Å². The summed E-state index contributed by atoms with van der Waals surface area (Å²) in [5, 5.41) is 0. The minimum absolute atomic E-state index is 0.455. The highest BCUT2D eigenvalue weighted by atomic mass is 28.5. The molecule has 4 nitrogen and oxygen atoms in total. The highest BCUT2D eigenvalue weighted by Gasteiger charge is 2.44. The maximum absolute atomic E-state index is 6.48. The summed E-state index contributed by atoms with van der Waals surface area (Å²) < 4.78 is 23.7. The largest absolute Gasteiger partial charge is 0.436 e. The molecule has 0 bridgehead atoms. The average molecular weight is 321 g/mol. The molecule has 0 N–H and O–H groups in total. The summed E-state index contributed by atoms with van der Waals surface area (Å²) >= 11 is 0. The van der Waals surface area contributed by atoms with E-state index in [0.717, 1.165) is 25.3 Å². The lowest BCUT2D eigenvalue weighted by Gasteiger charge is -2.38. The van der Waals surface area contributed by atoms with E-state index in [4.69, 9.17) is 17.7 Å². The molecule has 19 heavy (non-hydrogen) atoms. The SMILES string of the molecule is C[Si](C)(CC1CO1)O[Si](C)(C)O[Si](C)(C)CC1CO1. The van der Waals surface area contributed by atoms with E-state index in [9.17, 15) is 0 Å². The highest BCUT2D eigenvalue weighted by molar-refractivity contribution is 6.87. The third-order valence-corrected chi connectivity index (χ3v) is 14.5. The third kappa shape index (κ3) is 6.19. The van der Waals surface area contributed by atoms with Crippen LogP contribution in [-0.4, -0.2) is 50.6 Å². The zero-order chi connectivity index (χ0) is 14.3. The quantitative estimate of drug-likeness (QED) is 0.509. The van der Waals surface area contributed by atoms with E-state index in [-0.39, 0.29) is 0 Å². The Hall–Kier alpha value is 0.491. The Morgan fingerprint density at radius 3 is 1.37 bits per heavy atom. The minimum atomic E-state index is -2.04. The summed E-state index contributed by atoms with van der Waals surface area (Å²) in [7, 11) is -5.36. The van der Waals surface area contributed by atoms with Crippen LogP contribution in [-0.2, 0) is 17.7 Å². The van der Waals surface area contributed by atoms with E-state index in [2.05, 4.69) is 39.3 Å². The van der Waals surface area contributed by atoms with Crippen molar-refractivity contribution in [2.75, 3.05) is 13.2 Å². The molecule has 0 saturated carbocycles. The van der Waals surface area contributed by atoms with Crippen molar-refractivity contribution in [1.82, 2.24) is 0 Å². The molecule has 0 aromatic rings. The van der Waals surface area contributed by atoms with Gasteiger partial charge in [-0.05, 0) is 51.4 Å². The summed E-state index contributed by atoms with van der Waals surface area (Å²) in [6.07, 6.45) is 0.910. The molecule has 2 aliphatic rings. The van der Waals surface area contributed by atoms with Gasteiger partial charge >= 0.3 is 8.56 Å². The van der Waals surface area contributed by atoms with Crippen LogP contribution in [0.5, 0.6) is 0 Å². The van der Waals surface area contributed by atoms with Crippen molar-refractivity contribution in [3.63, 3.8) is 0 Å². The molecule has 112 valence electrons. The lowest BCUT2D eigenvalue weighted by atomic mass is 10.6. The Balaban J connectivity index is 1.84. The van der Waals surface area contributed by atoms with Gasteiger partial charge in [0.2, 0.25) is 0 Å². The summed E-state index contributed by atoms with van der Waals surface area (Å²) in [4.78, 5) is 0. The number of hydrogen-bond acceptors (Lipinski definition) is 4. The fraction of sp³-hybridized carbons (Fsp3) is 1.00. The van der Waals surface area contributed by atoms with Gasteiger partial charge in [-0.3, -0.25) is 0 Å². The Morgan fingerprint density at radius 2 is 1.11 bits per heavy atom. The molecule has 0 spiro atoms. The second kappa shape index (κ2) is 5.36. The maximum Gasteiger partial charge on any atom is 0.311 e. The lowest BCUT2D eigenvalue weighted by Crippen LogP contribution is -2.53.